The van der Waals surface area contributed by atoms with Crippen LogP contribution < -0.4 is 0 Å². The minimum atomic E-state index is 0.333. The van der Waals surface area contributed by atoms with Crippen LogP contribution in [0.4, 0.5) is 0 Å². The highest BCUT2D eigenvalue weighted by Crippen LogP contribution is 2.46. The normalized spacial score (nSPS) is 19.6. The molecule has 3 rings (SSSR count). The lowest BCUT2D eigenvalue weighted by atomic mass is 9.69. The molecule has 0 saturated heterocycles. The summed E-state index contributed by atoms with van der Waals surface area (Å²) in [4.78, 5) is 0. The minimum Gasteiger partial charge on any atom is -0.103 e. The summed E-state index contributed by atoms with van der Waals surface area (Å²) >= 11 is 0. The fraction of sp³-hybridized carbons (Fsp3) is 0.290. The average Bonchev–Trinajstić information content (AvgIpc) is 2.80. The summed E-state index contributed by atoms with van der Waals surface area (Å²) in [7, 11) is 0. The lowest BCUT2D eigenvalue weighted by molar-refractivity contribution is 0.495. The summed E-state index contributed by atoms with van der Waals surface area (Å²) in [6.45, 7) is 15.0. The van der Waals surface area contributed by atoms with Crippen LogP contribution in [0.25, 0.3) is 0 Å². The Balaban J connectivity index is 2.09. The Kier molecular flexibility index (Phi) is 8.06. The van der Waals surface area contributed by atoms with Crippen molar-refractivity contribution in [3.8, 4) is 0 Å². The molecule has 0 radical (unpaired) electrons. The van der Waals surface area contributed by atoms with Crippen LogP contribution in [0.5, 0.6) is 0 Å². The molecule has 160 valence electrons. The van der Waals surface area contributed by atoms with E-state index in [9.17, 15) is 0 Å². The van der Waals surface area contributed by atoms with Crippen LogP contribution in [0.15, 0.2) is 121 Å². The monoisotopic (exact) mass is 408 g/mol. The summed E-state index contributed by atoms with van der Waals surface area (Å²) in [5, 5.41) is 0. The fourth-order valence-electron chi connectivity index (χ4n) is 5.05. The van der Waals surface area contributed by atoms with Crippen LogP contribution in [-0.4, -0.2) is 0 Å². The van der Waals surface area contributed by atoms with Gasteiger partial charge in [-0.25, -0.2) is 0 Å². The molecule has 0 nitrogen and oxygen atoms in total. The first kappa shape index (κ1) is 22.8. The molecule has 4 unspecified atom stereocenters. The van der Waals surface area contributed by atoms with Gasteiger partial charge in [0.2, 0.25) is 0 Å². The summed E-state index contributed by atoms with van der Waals surface area (Å²) in [6.07, 6.45) is 13.2. The molecule has 4 atom stereocenters. The first-order valence-corrected chi connectivity index (χ1v) is 11.5. The quantitative estimate of drug-likeness (QED) is 0.364. The predicted molar refractivity (Wildman–Crippen MR) is 136 cm³/mol. The SMILES string of the molecule is C=CCC(C=C)C(C1=CC(C)=C(C(/C=C/C)c2ccccc2)CC1C)c1ccccc1. The molecule has 0 fully saturated rings. The molecule has 1 aliphatic carbocycles. The Labute approximate surface area is 189 Å². The highest BCUT2D eigenvalue weighted by Gasteiger charge is 2.31. The van der Waals surface area contributed by atoms with Gasteiger partial charge in [-0.3, -0.25) is 0 Å². The van der Waals surface area contributed by atoms with E-state index in [2.05, 4.69) is 119 Å². The van der Waals surface area contributed by atoms with Gasteiger partial charge in [-0.2, -0.15) is 0 Å². The third kappa shape index (κ3) is 5.25. The molecule has 0 amide bonds. The molecule has 0 spiro atoms. The Morgan fingerprint density at radius 2 is 1.58 bits per heavy atom. The van der Waals surface area contributed by atoms with Crippen molar-refractivity contribution in [2.45, 2.75) is 45.4 Å². The molecule has 0 heterocycles. The van der Waals surface area contributed by atoms with E-state index < -0.39 is 0 Å². The van der Waals surface area contributed by atoms with Crippen LogP contribution in [-0.2, 0) is 0 Å². The second kappa shape index (κ2) is 11.0. The maximum atomic E-state index is 4.18. The predicted octanol–water partition coefficient (Wildman–Crippen LogP) is 8.79. The molecule has 0 heteroatoms. The second-order valence-electron chi connectivity index (χ2n) is 8.68. The molecule has 0 aromatic heterocycles. The average molecular weight is 409 g/mol. The van der Waals surface area contributed by atoms with E-state index in [-0.39, 0.29) is 0 Å². The van der Waals surface area contributed by atoms with Crippen molar-refractivity contribution < 1.29 is 0 Å². The highest BCUT2D eigenvalue weighted by molar-refractivity contribution is 5.46. The van der Waals surface area contributed by atoms with E-state index in [0.29, 0.717) is 23.7 Å². The number of hydrogen-bond acceptors (Lipinski definition) is 0. The van der Waals surface area contributed by atoms with Gasteiger partial charge in [0.25, 0.3) is 0 Å². The molecule has 31 heavy (non-hydrogen) atoms. The van der Waals surface area contributed by atoms with Crippen molar-refractivity contribution in [1.82, 2.24) is 0 Å². The van der Waals surface area contributed by atoms with Gasteiger partial charge in [0.05, 0.1) is 0 Å². The largest absolute Gasteiger partial charge is 0.103 e. The molecule has 0 aliphatic heterocycles. The Hall–Kier alpha value is -2.86. The third-order valence-electron chi connectivity index (χ3n) is 6.59. The first-order chi connectivity index (χ1) is 15.1. The van der Waals surface area contributed by atoms with Crippen molar-refractivity contribution in [3.63, 3.8) is 0 Å². The number of hydrogen-bond donors (Lipinski definition) is 0. The number of allylic oxidation sites excluding steroid dienone is 8. The summed E-state index contributed by atoms with van der Waals surface area (Å²) in [5.41, 5.74) is 7.20. The molecular weight excluding hydrogens is 372 g/mol. The number of rotatable bonds is 9. The van der Waals surface area contributed by atoms with Crippen molar-refractivity contribution in [3.05, 3.63) is 132 Å². The summed E-state index contributed by atoms with van der Waals surface area (Å²) in [5.74, 6) is 1.50. The zero-order valence-corrected chi connectivity index (χ0v) is 19.3. The van der Waals surface area contributed by atoms with Gasteiger partial charge in [-0.05, 0) is 49.7 Å². The van der Waals surface area contributed by atoms with E-state index in [1.165, 1.54) is 27.8 Å². The fourth-order valence-corrected chi connectivity index (χ4v) is 5.05. The van der Waals surface area contributed by atoms with E-state index in [0.717, 1.165) is 12.8 Å². The van der Waals surface area contributed by atoms with Gasteiger partial charge >= 0.3 is 0 Å². The van der Waals surface area contributed by atoms with Gasteiger partial charge in [0.15, 0.2) is 0 Å². The zero-order chi connectivity index (χ0) is 22.2. The second-order valence-corrected chi connectivity index (χ2v) is 8.68. The van der Waals surface area contributed by atoms with E-state index in [4.69, 9.17) is 0 Å². The molecule has 0 bridgehead atoms. The van der Waals surface area contributed by atoms with Gasteiger partial charge in [0.1, 0.15) is 0 Å². The van der Waals surface area contributed by atoms with Crippen molar-refractivity contribution in [2.75, 3.05) is 0 Å². The van der Waals surface area contributed by atoms with E-state index >= 15 is 0 Å². The van der Waals surface area contributed by atoms with Crippen molar-refractivity contribution >= 4 is 0 Å². The van der Waals surface area contributed by atoms with Crippen molar-refractivity contribution in [2.24, 2.45) is 11.8 Å². The van der Waals surface area contributed by atoms with Crippen LogP contribution in [0, 0.1) is 11.8 Å². The summed E-state index contributed by atoms with van der Waals surface area (Å²) in [6, 6.07) is 21.8. The first-order valence-electron chi connectivity index (χ1n) is 11.5. The van der Waals surface area contributed by atoms with Crippen LogP contribution >= 0.6 is 0 Å². The van der Waals surface area contributed by atoms with Crippen LogP contribution in [0.2, 0.25) is 0 Å². The van der Waals surface area contributed by atoms with E-state index in [1.54, 1.807) is 0 Å². The van der Waals surface area contributed by atoms with E-state index in [1.807, 2.05) is 6.08 Å². The number of benzene rings is 2. The standard InChI is InChI=1S/C31H36/c1-6-15-25(8-3)31(27-19-13-10-14-20-27)30-22-23(4)29(21-24(30)5)28(16-7-2)26-17-11-9-12-18-26/h6-14,16-20,22,24-25,28,31H,1,3,15,21H2,2,4-5H3/b16-7+. The molecule has 0 saturated carbocycles. The van der Waals surface area contributed by atoms with Crippen LogP contribution in [0.1, 0.15) is 56.6 Å². The minimum absolute atomic E-state index is 0.333. The van der Waals surface area contributed by atoms with Crippen LogP contribution in [0.3, 0.4) is 0 Å². The van der Waals surface area contributed by atoms with Gasteiger partial charge in [-0.15, -0.1) is 13.2 Å². The van der Waals surface area contributed by atoms with Gasteiger partial charge < -0.3 is 0 Å². The zero-order valence-electron chi connectivity index (χ0n) is 19.3. The Bertz CT molecular complexity index is 956. The third-order valence-corrected chi connectivity index (χ3v) is 6.59. The maximum absolute atomic E-state index is 4.18. The Morgan fingerprint density at radius 1 is 0.968 bits per heavy atom. The molecule has 2 aromatic rings. The van der Waals surface area contributed by atoms with Crippen molar-refractivity contribution in [1.29, 1.82) is 0 Å². The van der Waals surface area contributed by atoms with Gasteiger partial charge in [-0.1, -0.05) is 115 Å². The molecule has 0 N–H and O–H groups in total. The van der Waals surface area contributed by atoms with Gasteiger partial charge in [0, 0.05) is 11.8 Å². The Morgan fingerprint density at radius 3 is 2.13 bits per heavy atom. The lowest BCUT2D eigenvalue weighted by Gasteiger charge is -2.35. The summed E-state index contributed by atoms with van der Waals surface area (Å²) < 4.78 is 0. The maximum Gasteiger partial charge on any atom is 0.0234 e. The topological polar surface area (TPSA) is 0 Å². The smallest absolute Gasteiger partial charge is 0.0234 e. The lowest BCUT2D eigenvalue weighted by Crippen LogP contribution is -2.21. The molecule has 1 aliphatic rings. The molecule has 2 aromatic carbocycles. The highest BCUT2D eigenvalue weighted by atomic mass is 14.4. The molecular formula is C31H36.